The number of rotatable bonds is 8. The van der Waals surface area contributed by atoms with E-state index in [1.807, 2.05) is 0 Å². The lowest BCUT2D eigenvalue weighted by atomic mass is 10.1. The first-order valence-corrected chi connectivity index (χ1v) is 7.20. The summed E-state index contributed by atoms with van der Waals surface area (Å²) in [5, 5.41) is 3.30. The molecular weight excluding hydrogens is 243 g/mol. The Morgan fingerprint density at radius 3 is 3.00 bits per heavy atom. The zero-order chi connectivity index (χ0) is 13.7. The second-order valence-electron chi connectivity index (χ2n) is 5.45. The van der Waals surface area contributed by atoms with Gasteiger partial charge in [0.2, 0.25) is 0 Å². The third kappa shape index (κ3) is 4.46. The highest BCUT2D eigenvalue weighted by Gasteiger charge is 2.21. The van der Waals surface area contributed by atoms with Crippen molar-refractivity contribution in [2.24, 2.45) is 5.92 Å². The Balaban J connectivity index is 1.89. The van der Waals surface area contributed by atoms with E-state index in [1.165, 1.54) is 12.8 Å². The first kappa shape index (κ1) is 14.3. The number of ether oxygens (including phenoxy) is 1. The molecule has 0 saturated heterocycles. The van der Waals surface area contributed by atoms with Crippen LogP contribution in [0, 0.1) is 11.7 Å². The van der Waals surface area contributed by atoms with Gasteiger partial charge in [-0.05, 0) is 31.2 Å². The monoisotopic (exact) mass is 266 g/mol. The largest absolute Gasteiger partial charge is 0.475 e. The highest BCUT2D eigenvalue weighted by molar-refractivity contribution is 5.23. The van der Waals surface area contributed by atoms with Gasteiger partial charge >= 0.3 is 0 Å². The van der Waals surface area contributed by atoms with E-state index < -0.39 is 0 Å². The van der Waals surface area contributed by atoms with Crippen molar-refractivity contribution in [3.63, 3.8) is 0 Å². The SMILES string of the molecule is CCCC(C)COc1nccc(CNC2CC2)c1F. The molecule has 1 fully saturated rings. The molecule has 1 atom stereocenters. The molecule has 1 aliphatic carbocycles. The summed E-state index contributed by atoms with van der Waals surface area (Å²) in [6, 6.07) is 2.29. The Hall–Kier alpha value is -1.16. The fourth-order valence-electron chi connectivity index (χ4n) is 2.04. The molecule has 4 heteroatoms. The van der Waals surface area contributed by atoms with Crippen molar-refractivity contribution in [1.29, 1.82) is 0 Å². The van der Waals surface area contributed by atoms with E-state index in [0.29, 0.717) is 30.7 Å². The molecule has 3 nitrogen and oxygen atoms in total. The minimum Gasteiger partial charge on any atom is -0.475 e. The van der Waals surface area contributed by atoms with Gasteiger partial charge in [-0.15, -0.1) is 0 Å². The van der Waals surface area contributed by atoms with E-state index in [1.54, 1.807) is 12.3 Å². The maximum Gasteiger partial charge on any atom is 0.250 e. The van der Waals surface area contributed by atoms with Crippen LogP contribution in [0.15, 0.2) is 12.3 Å². The molecule has 1 unspecified atom stereocenters. The molecule has 1 aromatic rings. The van der Waals surface area contributed by atoms with Gasteiger partial charge in [0, 0.05) is 24.3 Å². The van der Waals surface area contributed by atoms with Gasteiger partial charge in [-0.1, -0.05) is 20.3 Å². The maximum atomic E-state index is 14.2. The number of hydrogen-bond donors (Lipinski definition) is 1. The van der Waals surface area contributed by atoms with Gasteiger partial charge in [0.15, 0.2) is 5.82 Å². The summed E-state index contributed by atoms with van der Waals surface area (Å²) < 4.78 is 19.7. The fraction of sp³-hybridized carbons (Fsp3) is 0.667. The van der Waals surface area contributed by atoms with Gasteiger partial charge in [-0.2, -0.15) is 0 Å². The minimum atomic E-state index is -0.320. The van der Waals surface area contributed by atoms with Crippen LogP contribution in [0.5, 0.6) is 5.88 Å². The smallest absolute Gasteiger partial charge is 0.250 e. The van der Waals surface area contributed by atoms with E-state index >= 15 is 0 Å². The summed E-state index contributed by atoms with van der Waals surface area (Å²) >= 11 is 0. The van der Waals surface area contributed by atoms with E-state index in [4.69, 9.17) is 4.74 Å². The highest BCUT2D eigenvalue weighted by Crippen LogP contribution is 2.22. The molecule has 0 radical (unpaired) electrons. The molecule has 1 heterocycles. The molecule has 1 saturated carbocycles. The van der Waals surface area contributed by atoms with Crippen LogP contribution in [0.4, 0.5) is 4.39 Å². The third-order valence-corrected chi connectivity index (χ3v) is 3.38. The number of pyridine rings is 1. The topological polar surface area (TPSA) is 34.1 Å². The van der Waals surface area contributed by atoms with Gasteiger partial charge in [0.1, 0.15) is 0 Å². The number of nitrogens with zero attached hydrogens (tertiary/aromatic N) is 1. The number of aromatic nitrogens is 1. The molecule has 1 aromatic heterocycles. The van der Waals surface area contributed by atoms with E-state index in [2.05, 4.69) is 24.1 Å². The Morgan fingerprint density at radius 1 is 1.53 bits per heavy atom. The standard InChI is InChI=1S/C15H23FN2O/c1-3-4-11(2)10-19-15-14(16)12(7-8-17-15)9-18-13-5-6-13/h7-8,11,13,18H,3-6,9-10H2,1-2H3. The summed E-state index contributed by atoms with van der Waals surface area (Å²) in [5.74, 6) is 0.247. The molecule has 106 valence electrons. The van der Waals surface area contributed by atoms with Gasteiger partial charge in [-0.3, -0.25) is 0 Å². The predicted octanol–water partition coefficient (Wildman–Crippen LogP) is 3.29. The second kappa shape index (κ2) is 6.85. The molecule has 1 N–H and O–H groups in total. The zero-order valence-corrected chi connectivity index (χ0v) is 11.8. The van der Waals surface area contributed by atoms with Crippen LogP contribution in [-0.2, 0) is 6.54 Å². The van der Waals surface area contributed by atoms with Crippen LogP contribution in [0.3, 0.4) is 0 Å². The van der Waals surface area contributed by atoms with Crippen molar-refractivity contribution in [2.45, 2.75) is 52.1 Å². The molecule has 0 bridgehead atoms. The van der Waals surface area contributed by atoms with Crippen molar-refractivity contribution in [3.8, 4) is 5.88 Å². The molecule has 2 rings (SSSR count). The second-order valence-corrected chi connectivity index (χ2v) is 5.45. The van der Waals surface area contributed by atoms with E-state index in [9.17, 15) is 4.39 Å². The summed E-state index contributed by atoms with van der Waals surface area (Å²) in [4.78, 5) is 3.99. The van der Waals surface area contributed by atoms with Crippen LogP contribution >= 0.6 is 0 Å². The van der Waals surface area contributed by atoms with Crippen molar-refractivity contribution < 1.29 is 9.13 Å². The first-order chi connectivity index (χ1) is 9.20. The van der Waals surface area contributed by atoms with Crippen molar-refractivity contribution in [1.82, 2.24) is 10.3 Å². The normalized spacial score (nSPS) is 16.4. The van der Waals surface area contributed by atoms with Gasteiger partial charge in [0.25, 0.3) is 5.88 Å². The molecule has 1 aliphatic rings. The maximum absolute atomic E-state index is 14.2. The highest BCUT2D eigenvalue weighted by atomic mass is 19.1. The molecule has 0 aromatic carbocycles. The zero-order valence-electron chi connectivity index (χ0n) is 11.8. The van der Waals surface area contributed by atoms with Crippen molar-refractivity contribution >= 4 is 0 Å². The number of halogens is 1. The Bertz CT molecular complexity index is 407. The lowest BCUT2D eigenvalue weighted by Gasteiger charge is -2.13. The summed E-state index contributed by atoms with van der Waals surface area (Å²) in [6.45, 7) is 5.33. The number of hydrogen-bond acceptors (Lipinski definition) is 3. The Kier molecular flexibility index (Phi) is 5.14. The number of nitrogens with one attached hydrogen (secondary N) is 1. The van der Waals surface area contributed by atoms with Crippen LogP contribution in [0.2, 0.25) is 0 Å². The molecule has 0 aliphatic heterocycles. The average molecular weight is 266 g/mol. The van der Waals surface area contributed by atoms with Crippen molar-refractivity contribution in [2.75, 3.05) is 6.61 Å². The fourth-order valence-corrected chi connectivity index (χ4v) is 2.04. The lowest BCUT2D eigenvalue weighted by Crippen LogP contribution is -2.17. The van der Waals surface area contributed by atoms with Crippen LogP contribution in [-0.4, -0.2) is 17.6 Å². The Labute approximate surface area is 114 Å². The predicted molar refractivity (Wildman–Crippen MR) is 73.6 cm³/mol. The van der Waals surface area contributed by atoms with Crippen LogP contribution in [0.1, 0.15) is 45.1 Å². The quantitative estimate of drug-likeness (QED) is 0.784. The van der Waals surface area contributed by atoms with Crippen molar-refractivity contribution in [3.05, 3.63) is 23.6 Å². The summed E-state index contributed by atoms with van der Waals surface area (Å²) in [6.07, 6.45) is 6.22. The summed E-state index contributed by atoms with van der Waals surface area (Å²) in [5.41, 5.74) is 0.639. The molecule has 0 spiro atoms. The first-order valence-electron chi connectivity index (χ1n) is 7.20. The Morgan fingerprint density at radius 2 is 2.32 bits per heavy atom. The van der Waals surface area contributed by atoms with Crippen LogP contribution in [0.25, 0.3) is 0 Å². The molecule has 0 amide bonds. The summed E-state index contributed by atoms with van der Waals surface area (Å²) in [7, 11) is 0. The average Bonchev–Trinajstić information content (AvgIpc) is 3.20. The van der Waals surface area contributed by atoms with Gasteiger partial charge in [0.05, 0.1) is 6.61 Å². The minimum absolute atomic E-state index is 0.137. The van der Waals surface area contributed by atoms with E-state index in [0.717, 1.165) is 12.8 Å². The van der Waals surface area contributed by atoms with Gasteiger partial charge in [-0.25, -0.2) is 9.37 Å². The third-order valence-electron chi connectivity index (χ3n) is 3.38. The molecule has 19 heavy (non-hydrogen) atoms. The van der Waals surface area contributed by atoms with Gasteiger partial charge < -0.3 is 10.1 Å². The lowest BCUT2D eigenvalue weighted by molar-refractivity contribution is 0.231. The van der Waals surface area contributed by atoms with Crippen LogP contribution < -0.4 is 10.1 Å². The van der Waals surface area contributed by atoms with E-state index in [-0.39, 0.29) is 11.7 Å². The molecular formula is C15H23FN2O.